The van der Waals surface area contributed by atoms with Gasteiger partial charge in [0.2, 0.25) is 0 Å². The number of methoxy groups -OCH3 is 2. The van der Waals surface area contributed by atoms with Crippen molar-refractivity contribution in [3.8, 4) is 5.75 Å². The number of ether oxygens (including phenoxy) is 2. The highest BCUT2D eigenvalue weighted by atomic mass is 16.7. The lowest BCUT2D eigenvalue weighted by Crippen LogP contribution is -2.04. The Balaban J connectivity index is 2.98. The lowest BCUT2D eigenvalue weighted by molar-refractivity contribution is -0.107. The molecule has 4 heteroatoms. The summed E-state index contributed by atoms with van der Waals surface area (Å²) in [5.41, 5.74) is 1.20. The molecular weight excluding hydrogens is 184 g/mol. The second kappa shape index (κ2) is 4.95. The van der Waals surface area contributed by atoms with Crippen molar-refractivity contribution < 1.29 is 19.7 Å². The van der Waals surface area contributed by atoms with Crippen LogP contribution in [-0.4, -0.2) is 24.4 Å². The quantitative estimate of drug-likeness (QED) is 0.713. The Morgan fingerprint density at radius 1 is 1.29 bits per heavy atom. The predicted molar refractivity (Wildman–Crippen MR) is 50.8 cm³/mol. The molecule has 0 aromatic heterocycles. The molecule has 0 bridgehead atoms. The van der Waals surface area contributed by atoms with Gasteiger partial charge in [-0.1, -0.05) is 6.07 Å². The van der Waals surface area contributed by atoms with Crippen LogP contribution in [0.3, 0.4) is 0 Å². The Hall–Kier alpha value is -1.10. The monoisotopic (exact) mass is 198 g/mol. The van der Waals surface area contributed by atoms with E-state index in [2.05, 4.69) is 0 Å². The topological polar surface area (TPSA) is 58.9 Å². The van der Waals surface area contributed by atoms with Gasteiger partial charge in [0.15, 0.2) is 6.29 Å². The molecular formula is C10H14O4. The number of aromatic hydroxyl groups is 1. The van der Waals surface area contributed by atoms with Crippen LogP contribution in [0.2, 0.25) is 0 Å². The molecule has 0 saturated carbocycles. The second-order valence-electron chi connectivity index (χ2n) is 2.85. The summed E-state index contributed by atoms with van der Waals surface area (Å²) in [6.45, 7) is -0.0987. The van der Waals surface area contributed by atoms with Crippen molar-refractivity contribution in [1.29, 1.82) is 0 Å². The standard InChI is InChI=1S/C10H14O4/c1-13-10(14-2)8-4-3-7(6-11)5-9(8)12/h3-5,10-12H,6H2,1-2H3. The van der Waals surface area contributed by atoms with Crippen molar-refractivity contribution >= 4 is 0 Å². The molecule has 0 unspecified atom stereocenters. The van der Waals surface area contributed by atoms with Crippen molar-refractivity contribution in [3.63, 3.8) is 0 Å². The number of rotatable bonds is 4. The van der Waals surface area contributed by atoms with Gasteiger partial charge in [0.25, 0.3) is 0 Å². The third kappa shape index (κ3) is 2.23. The first-order valence-corrected chi connectivity index (χ1v) is 4.21. The number of hydrogen-bond acceptors (Lipinski definition) is 4. The van der Waals surface area contributed by atoms with Crippen LogP contribution in [0.5, 0.6) is 5.75 Å². The lowest BCUT2D eigenvalue weighted by Gasteiger charge is -2.15. The highest BCUT2D eigenvalue weighted by Crippen LogP contribution is 2.27. The first kappa shape index (κ1) is 11.0. The maximum Gasteiger partial charge on any atom is 0.186 e. The molecule has 0 radical (unpaired) electrons. The number of benzene rings is 1. The van der Waals surface area contributed by atoms with Gasteiger partial charge in [-0.2, -0.15) is 0 Å². The molecule has 0 aliphatic carbocycles. The molecule has 0 fully saturated rings. The molecule has 2 N–H and O–H groups in total. The minimum absolute atomic E-state index is 0.0604. The minimum atomic E-state index is -0.581. The summed E-state index contributed by atoms with van der Waals surface area (Å²) in [5, 5.41) is 18.4. The van der Waals surface area contributed by atoms with Crippen molar-refractivity contribution in [2.75, 3.05) is 14.2 Å². The summed E-state index contributed by atoms with van der Waals surface area (Å²) in [5.74, 6) is 0.0604. The van der Waals surface area contributed by atoms with Crippen molar-refractivity contribution in [1.82, 2.24) is 0 Å². The number of hydrogen-bond donors (Lipinski definition) is 2. The fourth-order valence-corrected chi connectivity index (χ4v) is 1.24. The van der Waals surface area contributed by atoms with E-state index in [4.69, 9.17) is 14.6 Å². The zero-order valence-electron chi connectivity index (χ0n) is 8.23. The van der Waals surface area contributed by atoms with Gasteiger partial charge in [-0.3, -0.25) is 0 Å². The van der Waals surface area contributed by atoms with Gasteiger partial charge in [0, 0.05) is 19.8 Å². The number of phenols is 1. The summed E-state index contributed by atoms with van der Waals surface area (Å²) in [4.78, 5) is 0. The SMILES string of the molecule is COC(OC)c1ccc(CO)cc1O. The summed E-state index contributed by atoms with van der Waals surface area (Å²) in [6.07, 6.45) is -0.581. The minimum Gasteiger partial charge on any atom is -0.507 e. The first-order valence-electron chi connectivity index (χ1n) is 4.21. The number of aliphatic hydroxyl groups excluding tert-OH is 1. The normalized spacial score (nSPS) is 10.9. The molecule has 1 aromatic carbocycles. The van der Waals surface area contributed by atoms with E-state index in [1.807, 2.05) is 0 Å². The smallest absolute Gasteiger partial charge is 0.186 e. The number of aliphatic hydroxyl groups is 1. The van der Waals surface area contributed by atoms with Crippen LogP contribution >= 0.6 is 0 Å². The maximum absolute atomic E-state index is 9.58. The molecule has 78 valence electrons. The first-order chi connectivity index (χ1) is 6.72. The van der Waals surface area contributed by atoms with Crippen molar-refractivity contribution in [2.45, 2.75) is 12.9 Å². The number of phenolic OH excluding ortho intramolecular Hbond substituents is 1. The van der Waals surface area contributed by atoms with E-state index in [9.17, 15) is 5.11 Å². The van der Waals surface area contributed by atoms with E-state index < -0.39 is 6.29 Å². The van der Waals surface area contributed by atoms with Gasteiger partial charge in [-0.05, 0) is 17.7 Å². The van der Waals surface area contributed by atoms with Gasteiger partial charge in [-0.15, -0.1) is 0 Å². The molecule has 0 heterocycles. The van der Waals surface area contributed by atoms with Gasteiger partial charge < -0.3 is 19.7 Å². The Labute approximate surface area is 82.7 Å². The van der Waals surface area contributed by atoms with Gasteiger partial charge in [-0.25, -0.2) is 0 Å². The molecule has 14 heavy (non-hydrogen) atoms. The zero-order valence-corrected chi connectivity index (χ0v) is 8.23. The molecule has 0 saturated heterocycles. The van der Waals surface area contributed by atoms with E-state index in [0.29, 0.717) is 11.1 Å². The summed E-state index contributed by atoms with van der Waals surface area (Å²) < 4.78 is 9.99. The third-order valence-corrected chi connectivity index (χ3v) is 1.96. The molecule has 0 atom stereocenters. The van der Waals surface area contributed by atoms with Crippen molar-refractivity contribution in [3.05, 3.63) is 29.3 Å². The molecule has 4 nitrogen and oxygen atoms in total. The van der Waals surface area contributed by atoms with Crippen LogP contribution in [0.15, 0.2) is 18.2 Å². The van der Waals surface area contributed by atoms with Gasteiger partial charge in [0.1, 0.15) is 5.75 Å². The van der Waals surface area contributed by atoms with Crippen LogP contribution in [-0.2, 0) is 16.1 Å². The van der Waals surface area contributed by atoms with Gasteiger partial charge in [0.05, 0.1) is 6.61 Å². The second-order valence-corrected chi connectivity index (χ2v) is 2.85. The van der Waals surface area contributed by atoms with Crippen LogP contribution < -0.4 is 0 Å². The summed E-state index contributed by atoms with van der Waals surface area (Å²) >= 11 is 0. The lowest BCUT2D eigenvalue weighted by atomic mass is 10.1. The Morgan fingerprint density at radius 2 is 1.93 bits per heavy atom. The molecule has 0 amide bonds. The fourth-order valence-electron chi connectivity index (χ4n) is 1.24. The molecule has 0 aliphatic rings. The van der Waals surface area contributed by atoms with Gasteiger partial charge >= 0.3 is 0 Å². The Kier molecular flexibility index (Phi) is 3.88. The molecule has 1 rings (SSSR count). The predicted octanol–water partition coefficient (Wildman–Crippen LogP) is 1.18. The van der Waals surface area contributed by atoms with Crippen LogP contribution in [0.25, 0.3) is 0 Å². The van der Waals surface area contributed by atoms with Crippen LogP contribution in [0.4, 0.5) is 0 Å². The van der Waals surface area contributed by atoms with Crippen molar-refractivity contribution in [2.24, 2.45) is 0 Å². The molecule has 0 aliphatic heterocycles. The van der Waals surface area contributed by atoms with E-state index in [1.165, 1.54) is 20.3 Å². The Bertz CT molecular complexity index is 294. The van der Waals surface area contributed by atoms with E-state index in [-0.39, 0.29) is 12.4 Å². The largest absolute Gasteiger partial charge is 0.507 e. The zero-order chi connectivity index (χ0) is 10.6. The summed E-state index contributed by atoms with van der Waals surface area (Å²) in [6, 6.07) is 4.86. The summed E-state index contributed by atoms with van der Waals surface area (Å²) in [7, 11) is 2.99. The molecule has 1 aromatic rings. The van der Waals surface area contributed by atoms with E-state index in [0.717, 1.165) is 0 Å². The maximum atomic E-state index is 9.58. The van der Waals surface area contributed by atoms with E-state index in [1.54, 1.807) is 12.1 Å². The van der Waals surface area contributed by atoms with Crippen LogP contribution in [0, 0.1) is 0 Å². The average molecular weight is 198 g/mol. The highest BCUT2D eigenvalue weighted by Gasteiger charge is 2.13. The highest BCUT2D eigenvalue weighted by molar-refractivity contribution is 5.37. The van der Waals surface area contributed by atoms with Crippen LogP contribution in [0.1, 0.15) is 17.4 Å². The Morgan fingerprint density at radius 3 is 2.36 bits per heavy atom. The van der Waals surface area contributed by atoms with E-state index >= 15 is 0 Å². The third-order valence-electron chi connectivity index (χ3n) is 1.96. The molecule has 0 spiro atoms. The average Bonchev–Trinajstić information content (AvgIpc) is 2.22. The fraction of sp³-hybridized carbons (Fsp3) is 0.400.